The first-order valence-electron chi connectivity index (χ1n) is 9.17. The Hall–Kier alpha value is -3.12. The molecule has 2 N–H and O–H groups in total. The molecule has 2 aromatic carbocycles. The number of anilines is 2. The molecule has 0 bridgehead atoms. The van der Waals surface area contributed by atoms with Crippen LogP contribution in [0.2, 0.25) is 5.02 Å². The van der Waals surface area contributed by atoms with Crippen molar-refractivity contribution >= 4 is 34.8 Å². The Morgan fingerprint density at radius 3 is 2.28 bits per heavy atom. The first kappa shape index (κ1) is 20.6. The lowest BCUT2D eigenvalue weighted by atomic mass is 9.92. The van der Waals surface area contributed by atoms with E-state index < -0.39 is 0 Å². The summed E-state index contributed by atoms with van der Waals surface area (Å²) < 4.78 is 1.54. The summed E-state index contributed by atoms with van der Waals surface area (Å²) in [5.41, 5.74) is 2.47. The summed E-state index contributed by atoms with van der Waals surface area (Å²) in [4.78, 5) is 25.3. The Labute approximate surface area is 174 Å². The number of aromatic nitrogens is 2. The zero-order valence-corrected chi connectivity index (χ0v) is 17.5. The van der Waals surface area contributed by atoms with Crippen molar-refractivity contribution in [3.63, 3.8) is 0 Å². The molecule has 0 aliphatic carbocycles. The van der Waals surface area contributed by atoms with Crippen molar-refractivity contribution in [3.05, 3.63) is 76.6 Å². The van der Waals surface area contributed by atoms with Gasteiger partial charge in [0.15, 0.2) is 0 Å². The van der Waals surface area contributed by atoms with Gasteiger partial charge in [-0.25, -0.2) is 0 Å². The van der Waals surface area contributed by atoms with Gasteiger partial charge < -0.3 is 10.6 Å². The van der Waals surface area contributed by atoms with Crippen molar-refractivity contribution in [2.24, 2.45) is 7.05 Å². The quantitative estimate of drug-likeness (QED) is 0.643. The normalized spacial score (nSPS) is 11.2. The van der Waals surface area contributed by atoms with Gasteiger partial charge in [-0.3, -0.25) is 14.3 Å². The van der Waals surface area contributed by atoms with Crippen LogP contribution in [0.15, 0.2) is 54.6 Å². The number of rotatable bonds is 4. The van der Waals surface area contributed by atoms with Gasteiger partial charge in [-0.15, -0.1) is 0 Å². The van der Waals surface area contributed by atoms with Crippen LogP contribution in [0.25, 0.3) is 0 Å². The standard InChI is InChI=1S/C22H23ClN4O2/c1-22(2,3)19-13-18(27(4)26-19)21(29)25-17-12-14(10-11-16(17)23)20(28)24-15-8-6-5-7-9-15/h5-13H,1-4H3,(H,24,28)(H,25,29). The number of para-hydroxylation sites is 1. The summed E-state index contributed by atoms with van der Waals surface area (Å²) >= 11 is 6.24. The molecule has 7 heteroatoms. The Morgan fingerprint density at radius 1 is 0.966 bits per heavy atom. The van der Waals surface area contributed by atoms with Crippen LogP contribution in [-0.2, 0) is 12.5 Å². The monoisotopic (exact) mass is 410 g/mol. The maximum absolute atomic E-state index is 12.8. The highest BCUT2D eigenvalue weighted by molar-refractivity contribution is 6.34. The minimum atomic E-state index is -0.349. The summed E-state index contributed by atoms with van der Waals surface area (Å²) in [5, 5.41) is 10.3. The molecule has 1 heterocycles. The molecule has 3 aromatic rings. The molecular formula is C22H23ClN4O2. The number of nitrogens with one attached hydrogen (secondary N) is 2. The Kier molecular flexibility index (Phi) is 5.75. The van der Waals surface area contributed by atoms with E-state index in [0.29, 0.717) is 27.7 Å². The summed E-state index contributed by atoms with van der Waals surface area (Å²) in [6.07, 6.45) is 0. The SMILES string of the molecule is Cn1nc(C(C)(C)C)cc1C(=O)Nc1cc(C(=O)Nc2ccccc2)ccc1Cl. The number of halogens is 1. The fourth-order valence-electron chi connectivity index (χ4n) is 2.72. The topological polar surface area (TPSA) is 76.0 Å². The van der Waals surface area contributed by atoms with E-state index >= 15 is 0 Å². The molecule has 0 spiro atoms. The summed E-state index contributed by atoms with van der Waals surface area (Å²) in [5.74, 6) is -0.642. The van der Waals surface area contributed by atoms with Crippen molar-refractivity contribution in [2.75, 3.05) is 10.6 Å². The largest absolute Gasteiger partial charge is 0.322 e. The molecular weight excluding hydrogens is 388 g/mol. The molecule has 6 nitrogen and oxygen atoms in total. The van der Waals surface area contributed by atoms with E-state index in [2.05, 4.69) is 15.7 Å². The second-order valence-electron chi connectivity index (χ2n) is 7.76. The average Bonchev–Trinajstić information content (AvgIpc) is 3.06. The van der Waals surface area contributed by atoms with Gasteiger partial charge in [0.25, 0.3) is 11.8 Å². The Bertz CT molecular complexity index is 1050. The third-order valence-corrected chi connectivity index (χ3v) is 4.72. The van der Waals surface area contributed by atoms with Gasteiger partial charge in [0.05, 0.1) is 16.4 Å². The fraction of sp³-hybridized carbons (Fsp3) is 0.227. The molecule has 0 unspecified atom stereocenters. The second kappa shape index (κ2) is 8.09. The molecule has 3 rings (SSSR count). The van der Waals surface area contributed by atoms with E-state index in [-0.39, 0.29) is 17.2 Å². The Morgan fingerprint density at radius 2 is 1.66 bits per heavy atom. The van der Waals surface area contributed by atoms with Gasteiger partial charge in [-0.2, -0.15) is 5.10 Å². The summed E-state index contributed by atoms with van der Waals surface area (Å²) in [6, 6.07) is 15.6. The molecule has 1 aromatic heterocycles. The molecule has 0 aliphatic heterocycles. The number of nitrogens with zero attached hydrogens (tertiary/aromatic N) is 2. The number of amides is 2. The van der Waals surface area contributed by atoms with E-state index in [1.54, 1.807) is 43.4 Å². The third-order valence-electron chi connectivity index (χ3n) is 4.39. The maximum Gasteiger partial charge on any atom is 0.273 e. The molecule has 2 amide bonds. The van der Waals surface area contributed by atoms with E-state index in [1.807, 2.05) is 39.0 Å². The minimum Gasteiger partial charge on any atom is -0.322 e. The van der Waals surface area contributed by atoms with E-state index in [1.165, 1.54) is 4.68 Å². The zero-order valence-electron chi connectivity index (χ0n) is 16.8. The van der Waals surface area contributed by atoms with E-state index in [0.717, 1.165) is 5.69 Å². The lowest BCUT2D eigenvalue weighted by Crippen LogP contribution is -2.17. The summed E-state index contributed by atoms with van der Waals surface area (Å²) in [7, 11) is 1.72. The summed E-state index contributed by atoms with van der Waals surface area (Å²) in [6.45, 7) is 6.09. The molecule has 150 valence electrons. The van der Waals surface area contributed by atoms with Crippen LogP contribution in [0.5, 0.6) is 0 Å². The predicted octanol–water partition coefficient (Wildman–Crippen LogP) is 4.88. The van der Waals surface area contributed by atoms with Crippen LogP contribution in [-0.4, -0.2) is 21.6 Å². The van der Waals surface area contributed by atoms with Gasteiger partial charge >= 0.3 is 0 Å². The minimum absolute atomic E-state index is 0.177. The highest BCUT2D eigenvalue weighted by Gasteiger charge is 2.22. The van der Waals surface area contributed by atoms with Crippen LogP contribution < -0.4 is 10.6 Å². The van der Waals surface area contributed by atoms with Crippen LogP contribution in [0.4, 0.5) is 11.4 Å². The van der Waals surface area contributed by atoms with Gasteiger partial charge in [-0.1, -0.05) is 50.6 Å². The lowest BCUT2D eigenvalue weighted by molar-refractivity contribution is 0.101. The molecule has 29 heavy (non-hydrogen) atoms. The first-order valence-corrected chi connectivity index (χ1v) is 9.55. The van der Waals surface area contributed by atoms with E-state index in [4.69, 9.17) is 11.6 Å². The molecule has 0 atom stereocenters. The molecule has 0 saturated heterocycles. The van der Waals surface area contributed by atoms with Crippen molar-refractivity contribution in [1.29, 1.82) is 0 Å². The molecule has 0 fully saturated rings. The van der Waals surface area contributed by atoms with Crippen molar-refractivity contribution in [2.45, 2.75) is 26.2 Å². The van der Waals surface area contributed by atoms with E-state index in [9.17, 15) is 9.59 Å². The number of carbonyl (C=O) groups is 2. The van der Waals surface area contributed by atoms with Gasteiger partial charge in [0, 0.05) is 23.7 Å². The average molecular weight is 411 g/mol. The van der Waals surface area contributed by atoms with Crippen LogP contribution >= 0.6 is 11.6 Å². The van der Waals surface area contributed by atoms with Gasteiger partial charge in [0.1, 0.15) is 5.69 Å². The van der Waals surface area contributed by atoms with Crippen molar-refractivity contribution < 1.29 is 9.59 Å². The zero-order chi connectivity index (χ0) is 21.2. The second-order valence-corrected chi connectivity index (χ2v) is 8.16. The fourth-order valence-corrected chi connectivity index (χ4v) is 2.88. The van der Waals surface area contributed by atoms with Crippen LogP contribution in [0.1, 0.15) is 47.3 Å². The lowest BCUT2D eigenvalue weighted by Gasteiger charge is -2.13. The molecule has 0 saturated carbocycles. The number of hydrogen-bond acceptors (Lipinski definition) is 3. The predicted molar refractivity (Wildman–Crippen MR) is 116 cm³/mol. The van der Waals surface area contributed by atoms with Crippen molar-refractivity contribution in [1.82, 2.24) is 9.78 Å². The molecule has 0 aliphatic rings. The van der Waals surface area contributed by atoms with Gasteiger partial charge in [-0.05, 0) is 36.4 Å². The maximum atomic E-state index is 12.8. The molecule has 0 radical (unpaired) electrons. The smallest absolute Gasteiger partial charge is 0.273 e. The number of aryl methyl sites for hydroxylation is 1. The Balaban J connectivity index is 1.81. The third kappa shape index (κ3) is 4.84. The number of carbonyl (C=O) groups excluding carboxylic acids is 2. The van der Waals surface area contributed by atoms with Crippen LogP contribution in [0.3, 0.4) is 0 Å². The highest BCUT2D eigenvalue weighted by atomic mass is 35.5. The number of hydrogen-bond donors (Lipinski definition) is 2. The van der Waals surface area contributed by atoms with Crippen molar-refractivity contribution in [3.8, 4) is 0 Å². The highest BCUT2D eigenvalue weighted by Crippen LogP contribution is 2.26. The number of benzene rings is 2. The van der Waals surface area contributed by atoms with Crippen LogP contribution in [0, 0.1) is 0 Å². The van der Waals surface area contributed by atoms with Gasteiger partial charge in [0.2, 0.25) is 0 Å². The first-order chi connectivity index (χ1) is 13.6.